The zero-order valence-electron chi connectivity index (χ0n) is 9.49. The quantitative estimate of drug-likeness (QED) is 0.592. The van der Waals surface area contributed by atoms with Crippen molar-refractivity contribution in [2.24, 2.45) is 0 Å². The van der Waals surface area contributed by atoms with Crippen molar-refractivity contribution >= 4 is 30.1 Å². The predicted molar refractivity (Wildman–Crippen MR) is 73.0 cm³/mol. The van der Waals surface area contributed by atoms with Crippen LogP contribution in [0.15, 0.2) is 24.3 Å². The summed E-state index contributed by atoms with van der Waals surface area (Å²) in [5.41, 5.74) is 0. The fourth-order valence-corrected chi connectivity index (χ4v) is 1.56. The van der Waals surface area contributed by atoms with Gasteiger partial charge in [-0.15, -0.1) is 0 Å². The number of rotatable bonds is 7. The highest BCUT2D eigenvalue weighted by molar-refractivity contribution is 7.80. The molecule has 94 valence electrons. The number of ether oxygens (including phenoxy) is 1. The van der Waals surface area contributed by atoms with Crippen molar-refractivity contribution in [2.45, 2.75) is 12.8 Å². The Bertz CT molecular complexity index is 360. The maximum Gasteiger partial charge on any atom is 0.220 e. The molecule has 0 bridgehead atoms. The van der Waals surface area contributed by atoms with Gasteiger partial charge in [0.1, 0.15) is 5.75 Å². The number of thiol groups is 1. The van der Waals surface area contributed by atoms with Crippen LogP contribution >= 0.6 is 24.2 Å². The molecule has 0 fully saturated rings. The van der Waals surface area contributed by atoms with Crippen molar-refractivity contribution in [3.63, 3.8) is 0 Å². The molecule has 0 aliphatic carbocycles. The lowest BCUT2D eigenvalue weighted by atomic mass is 10.3. The molecule has 1 amide bonds. The molecule has 0 aliphatic rings. The van der Waals surface area contributed by atoms with Crippen LogP contribution in [0.1, 0.15) is 12.8 Å². The van der Waals surface area contributed by atoms with Crippen LogP contribution in [-0.4, -0.2) is 24.8 Å². The lowest BCUT2D eigenvalue weighted by Gasteiger charge is -2.07. The van der Waals surface area contributed by atoms with Crippen molar-refractivity contribution in [2.75, 3.05) is 18.9 Å². The maximum atomic E-state index is 11.3. The largest absolute Gasteiger partial charge is 0.492 e. The van der Waals surface area contributed by atoms with E-state index < -0.39 is 0 Å². The van der Waals surface area contributed by atoms with Crippen LogP contribution in [0.2, 0.25) is 5.02 Å². The average molecular weight is 274 g/mol. The Morgan fingerprint density at radius 3 is 2.88 bits per heavy atom. The van der Waals surface area contributed by atoms with E-state index in [1.165, 1.54) is 0 Å². The molecule has 0 radical (unpaired) electrons. The average Bonchev–Trinajstić information content (AvgIpc) is 2.34. The minimum Gasteiger partial charge on any atom is -0.492 e. The van der Waals surface area contributed by atoms with Gasteiger partial charge in [0, 0.05) is 18.7 Å². The number of benzene rings is 1. The topological polar surface area (TPSA) is 38.3 Å². The molecule has 5 heteroatoms. The first kappa shape index (κ1) is 14.2. The number of carbonyl (C=O) groups excluding carboxylic acids is 1. The maximum absolute atomic E-state index is 11.3. The summed E-state index contributed by atoms with van der Waals surface area (Å²) in [5, 5.41) is 3.34. The minimum atomic E-state index is 0.0295. The number of halogens is 1. The third-order valence-corrected chi connectivity index (χ3v) is 2.61. The number of amides is 1. The lowest BCUT2D eigenvalue weighted by Crippen LogP contribution is -2.25. The molecule has 1 rings (SSSR count). The second-order valence-corrected chi connectivity index (χ2v) is 4.31. The summed E-state index contributed by atoms with van der Waals surface area (Å²) >= 11 is 9.93. The van der Waals surface area contributed by atoms with E-state index in [9.17, 15) is 4.79 Å². The predicted octanol–water partition coefficient (Wildman–Crippen LogP) is 2.55. The second-order valence-electron chi connectivity index (χ2n) is 3.46. The lowest BCUT2D eigenvalue weighted by molar-refractivity contribution is -0.121. The van der Waals surface area contributed by atoms with E-state index >= 15 is 0 Å². The minimum absolute atomic E-state index is 0.0295. The zero-order valence-corrected chi connectivity index (χ0v) is 11.1. The fraction of sp³-hybridized carbons (Fsp3) is 0.417. The SMILES string of the molecule is O=C(CCCOc1ccccc1Cl)NCCS. The highest BCUT2D eigenvalue weighted by atomic mass is 35.5. The Labute approximate surface area is 112 Å². The van der Waals surface area contributed by atoms with Crippen molar-refractivity contribution in [3.8, 4) is 5.75 Å². The van der Waals surface area contributed by atoms with Crippen molar-refractivity contribution < 1.29 is 9.53 Å². The first-order valence-corrected chi connectivity index (χ1v) is 6.50. The Morgan fingerprint density at radius 1 is 1.41 bits per heavy atom. The molecule has 1 aromatic carbocycles. The summed E-state index contributed by atoms with van der Waals surface area (Å²) in [6.07, 6.45) is 1.13. The van der Waals surface area contributed by atoms with Crippen molar-refractivity contribution in [1.82, 2.24) is 5.32 Å². The van der Waals surface area contributed by atoms with Crippen LogP contribution in [0.4, 0.5) is 0 Å². The number of nitrogens with one attached hydrogen (secondary N) is 1. The summed E-state index contributed by atoms with van der Waals surface area (Å²) in [4.78, 5) is 11.3. The van der Waals surface area contributed by atoms with Crippen molar-refractivity contribution in [1.29, 1.82) is 0 Å². The molecule has 0 atom stereocenters. The van der Waals surface area contributed by atoms with Gasteiger partial charge in [-0.1, -0.05) is 23.7 Å². The van der Waals surface area contributed by atoms with E-state index in [1.54, 1.807) is 6.07 Å². The number of carbonyl (C=O) groups is 1. The standard InChI is InChI=1S/C12H16ClNO2S/c13-10-4-1-2-5-11(10)16-8-3-6-12(15)14-7-9-17/h1-2,4-5,17H,3,6-9H2,(H,14,15). The first-order chi connectivity index (χ1) is 8.24. The van der Waals surface area contributed by atoms with Crippen LogP contribution in [0, 0.1) is 0 Å². The van der Waals surface area contributed by atoms with E-state index in [2.05, 4.69) is 17.9 Å². The summed E-state index contributed by atoms with van der Waals surface area (Å²) in [5.74, 6) is 1.34. The van der Waals surface area contributed by atoms with Crippen LogP contribution in [0.5, 0.6) is 5.75 Å². The van der Waals surface area contributed by atoms with Gasteiger partial charge in [-0.05, 0) is 18.6 Å². The molecule has 0 saturated carbocycles. The van der Waals surface area contributed by atoms with Crippen LogP contribution in [-0.2, 0) is 4.79 Å². The summed E-state index contributed by atoms with van der Waals surface area (Å²) in [6, 6.07) is 7.29. The molecular formula is C12H16ClNO2S. The van der Waals surface area contributed by atoms with Gasteiger partial charge in [0.25, 0.3) is 0 Å². The highest BCUT2D eigenvalue weighted by Gasteiger charge is 2.02. The highest BCUT2D eigenvalue weighted by Crippen LogP contribution is 2.23. The molecule has 0 heterocycles. The molecule has 0 unspecified atom stereocenters. The Balaban J connectivity index is 2.16. The van der Waals surface area contributed by atoms with Crippen LogP contribution in [0.25, 0.3) is 0 Å². The Morgan fingerprint density at radius 2 is 2.18 bits per heavy atom. The van der Waals surface area contributed by atoms with E-state index in [-0.39, 0.29) is 5.91 Å². The van der Waals surface area contributed by atoms with Gasteiger partial charge in [0.15, 0.2) is 0 Å². The van der Waals surface area contributed by atoms with Gasteiger partial charge in [-0.2, -0.15) is 12.6 Å². The van der Waals surface area contributed by atoms with E-state index in [0.29, 0.717) is 42.5 Å². The monoisotopic (exact) mass is 273 g/mol. The molecule has 17 heavy (non-hydrogen) atoms. The van der Waals surface area contributed by atoms with Crippen LogP contribution < -0.4 is 10.1 Å². The summed E-state index contributed by atoms with van der Waals surface area (Å²) in [6.45, 7) is 1.09. The third-order valence-electron chi connectivity index (χ3n) is 2.08. The second kappa shape index (κ2) is 8.25. The van der Waals surface area contributed by atoms with E-state index in [4.69, 9.17) is 16.3 Å². The molecule has 0 aromatic heterocycles. The van der Waals surface area contributed by atoms with Gasteiger partial charge in [-0.25, -0.2) is 0 Å². The van der Waals surface area contributed by atoms with Gasteiger partial charge in [0.2, 0.25) is 5.91 Å². The fourth-order valence-electron chi connectivity index (χ4n) is 1.26. The molecule has 0 aliphatic heterocycles. The number of hydrogen-bond donors (Lipinski definition) is 2. The molecule has 0 spiro atoms. The molecular weight excluding hydrogens is 258 g/mol. The van der Waals surface area contributed by atoms with Gasteiger partial charge < -0.3 is 10.1 Å². The van der Waals surface area contributed by atoms with Crippen LogP contribution in [0.3, 0.4) is 0 Å². The van der Waals surface area contributed by atoms with Gasteiger partial charge in [-0.3, -0.25) is 4.79 Å². The Kier molecular flexibility index (Phi) is 6.89. The molecule has 1 N–H and O–H groups in total. The van der Waals surface area contributed by atoms with E-state index in [1.807, 2.05) is 18.2 Å². The third kappa shape index (κ3) is 5.84. The van der Waals surface area contributed by atoms with E-state index in [0.717, 1.165) is 0 Å². The smallest absolute Gasteiger partial charge is 0.220 e. The number of hydrogen-bond acceptors (Lipinski definition) is 3. The Hall–Kier alpha value is -0.870. The molecule has 0 saturated heterocycles. The normalized spacial score (nSPS) is 10.0. The first-order valence-electron chi connectivity index (χ1n) is 5.49. The van der Waals surface area contributed by atoms with Crippen molar-refractivity contribution in [3.05, 3.63) is 29.3 Å². The molecule has 3 nitrogen and oxygen atoms in total. The summed E-state index contributed by atoms with van der Waals surface area (Å²) in [7, 11) is 0. The zero-order chi connectivity index (χ0) is 12.5. The molecule has 1 aromatic rings. The number of para-hydroxylation sites is 1. The van der Waals surface area contributed by atoms with Gasteiger partial charge in [0.05, 0.1) is 11.6 Å². The van der Waals surface area contributed by atoms with Gasteiger partial charge >= 0.3 is 0 Å². The summed E-state index contributed by atoms with van der Waals surface area (Å²) < 4.78 is 5.46.